The zero-order valence-corrected chi connectivity index (χ0v) is 20.2. The lowest BCUT2D eigenvalue weighted by atomic mass is 10.1. The SMILES string of the molecule is CCCCCCCCCCOc1ccc(CC(=O)NCc2cc[n+](CC)cc2)c(OC)c1. The van der Waals surface area contributed by atoms with Crippen molar-refractivity contribution in [2.24, 2.45) is 0 Å². The first-order valence-electron chi connectivity index (χ1n) is 12.2. The van der Waals surface area contributed by atoms with Gasteiger partial charge in [-0.2, -0.15) is 0 Å². The lowest BCUT2D eigenvalue weighted by molar-refractivity contribution is -0.693. The molecule has 1 aromatic carbocycles. The van der Waals surface area contributed by atoms with Crippen LogP contribution in [0.2, 0.25) is 0 Å². The average Bonchev–Trinajstić information content (AvgIpc) is 2.82. The maximum atomic E-state index is 12.4. The molecule has 0 fully saturated rings. The highest BCUT2D eigenvalue weighted by atomic mass is 16.5. The van der Waals surface area contributed by atoms with E-state index >= 15 is 0 Å². The Bertz CT molecular complexity index is 790. The lowest BCUT2D eigenvalue weighted by Crippen LogP contribution is -2.31. The summed E-state index contributed by atoms with van der Waals surface area (Å²) in [6.45, 7) is 6.52. The van der Waals surface area contributed by atoms with E-state index < -0.39 is 0 Å². The van der Waals surface area contributed by atoms with Crippen LogP contribution < -0.4 is 19.4 Å². The van der Waals surface area contributed by atoms with Gasteiger partial charge in [0.2, 0.25) is 5.91 Å². The van der Waals surface area contributed by atoms with Crippen molar-refractivity contribution >= 4 is 5.91 Å². The molecule has 0 aliphatic carbocycles. The maximum absolute atomic E-state index is 12.4. The number of aryl methyl sites for hydroxylation is 1. The van der Waals surface area contributed by atoms with Gasteiger partial charge < -0.3 is 14.8 Å². The van der Waals surface area contributed by atoms with E-state index in [1.54, 1.807) is 7.11 Å². The second-order valence-corrected chi connectivity index (χ2v) is 8.29. The Morgan fingerprint density at radius 3 is 2.28 bits per heavy atom. The second kappa shape index (κ2) is 15.3. The third-order valence-corrected chi connectivity index (χ3v) is 5.69. The standard InChI is InChI=1S/C27H40N2O3/c1-4-6-7-8-9-10-11-12-19-32-25-14-13-24(26(21-25)31-3)20-27(30)28-22-23-15-17-29(5-2)18-16-23/h13-18,21H,4-12,19-20,22H2,1-3H3/p+1. The summed E-state index contributed by atoms with van der Waals surface area (Å²) in [7, 11) is 1.63. The number of nitrogens with one attached hydrogen (secondary N) is 1. The van der Waals surface area contributed by atoms with Crippen LogP contribution in [0.1, 0.15) is 76.3 Å². The van der Waals surface area contributed by atoms with E-state index in [1.165, 1.54) is 44.9 Å². The largest absolute Gasteiger partial charge is 0.496 e. The number of aromatic nitrogens is 1. The summed E-state index contributed by atoms with van der Waals surface area (Å²) in [4.78, 5) is 12.4. The van der Waals surface area contributed by atoms with Gasteiger partial charge in [0, 0.05) is 30.3 Å². The molecule has 1 aromatic heterocycles. The van der Waals surface area contributed by atoms with E-state index in [1.807, 2.05) is 42.7 Å². The summed E-state index contributed by atoms with van der Waals surface area (Å²) in [6.07, 6.45) is 14.6. The van der Waals surface area contributed by atoms with E-state index in [9.17, 15) is 4.79 Å². The number of rotatable bonds is 16. The zero-order valence-electron chi connectivity index (χ0n) is 20.2. The Hall–Kier alpha value is -2.56. The molecule has 176 valence electrons. The molecule has 32 heavy (non-hydrogen) atoms. The molecular formula is C27H41N2O3+. The first-order chi connectivity index (χ1) is 15.7. The van der Waals surface area contributed by atoms with Gasteiger partial charge in [-0.1, -0.05) is 57.9 Å². The fraction of sp³-hybridized carbons (Fsp3) is 0.556. The first kappa shape index (κ1) is 25.7. The predicted molar refractivity (Wildman–Crippen MR) is 129 cm³/mol. The Morgan fingerprint density at radius 2 is 1.62 bits per heavy atom. The van der Waals surface area contributed by atoms with Crippen molar-refractivity contribution in [1.29, 1.82) is 0 Å². The smallest absolute Gasteiger partial charge is 0.224 e. The van der Waals surface area contributed by atoms with Crippen molar-refractivity contribution in [3.05, 3.63) is 53.9 Å². The number of hydrogen-bond donors (Lipinski definition) is 1. The summed E-state index contributed by atoms with van der Waals surface area (Å²) in [5.74, 6) is 1.46. The number of methoxy groups -OCH3 is 1. The van der Waals surface area contributed by atoms with E-state index in [4.69, 9.17) is 9.47 Å². The van der Waals surface area contributed by atoms with Crippen LogP contribution in [0.3, 0.4) is 0 Å². The van der Waals surface area contributed by atoms with Gasteiger partial charge in [-0.05, 0) is 25.0 Å². The van der Waals surface area contributed by atoms with E-state index in [-0.39, 0.29) is 12.3 Å². The van der Waals surface area contributed by atoms with Crippen LogP contribution in [0.25, 0.3) is 0 Å². The van der Waals surface area contributed by atoms with Gasteiger partial charge in [-0.15, -0.1) is 0 Å². The van der Waals surface area contributed by atoms with Crippen LogP contribution in [0.4, 0.5) is 0 Å². The summed E-state index contributed by atoms with van der Waals surface area (Å²) in [5, 5.41) is 2.99. The number of unbranched alkanes of at least 4 members (excludes halogenated alkanes) is 7. The summed E-state index contributed by atoms with van der Waals surface area (Å²) in [6, 6.07) is 9.80. The van der Waals surface area contributed by atoms with Gasteiger partial charge >= 0.3 is 0 Å². The molecule has 1 heterocycles. The number of hydrogen-bond acceptors (Lipinski definition) is 3. The second-order valence-electron chi connectivity index (χ2n) is 8.29. The Morgan fingerprint density at radius 1 is 0.938 bits per heavy atom. The normalized spacial score (nSPS) is 10.7. The molecule has 0 saturated carbocycles. The fourth-order valence-corrected chi connectivity index (χ4v) is 3.64. The number of carbonyl (C=O) groups is 1. The van der Waals surface area contributed by atoms with Gasteiger partial charge in [0.1, 0.15) is 18.0 Å². The molecule has 5 nitrogen and oxygen atoms in total. The molecule has 1 amide bonds. The number of nitrogens with zero attached hydrogens (tertiary/aromatic N) is 1. The van der Waals surface area contributed by atoms with Gasteiger partial charge in [-0.25, -0.2) is 4.57 Å². The lowest BCUT2D eigenvalue weighted by Gasteiger charge is -2.12. The molecule has 0 aliphatic heterocycles. The van der Waals surface area contributed by atoms with E-state index in [2.05, 4.69) is 23.7 Å². The minimum Gasteiger partial charge on any atom is -0.496 e. The van der Waals surface area contributed by atoms with Crippen LogP contribution in [-0.2, 0) is 24.3 Å². The molecule has 0 spiro atoms. The molecule has 0 saturated heterocycles. The van der Waals surface area contributed by atoms with Gasteiger partial charge in [-0.3, -0.25) is 4.79 Å². The highest BCUT2D eigenvalue weighted by Gasteiger charge is 2.11. The van der Waals surface area contributed by atoms with Crippen molar-refractivity contribution in [3.63, 3.8) is 0 Å². The van der Waals surface area contributed by atoms with E-state index in [0.29, 0.717) is 18.9 Å². The van der Waals surface area contributed by atoms with E-state index in [0.717, 1.165) is 29.8 Å². The molecule has 5 heteroatoms. The molecule has 0 radical (unpaired) electrons. The van der Waals surface area contributed by atoms with Crippen LogP contribution in [0, 0.1) is 0 Å². The topological polar surface area (TPSA) is 51.4 Å². The molecule has 0 atom stereocenters. The molecule has 2 rings (SSSR count). The Kier molecular flexibility index (Phi) is 12.3. The van der Waals surface area contributed by atoms with Crippen molar-refractivity contribution in [2.45, 2.75) is 84.7 Å². The minimum atomic E-state index is -0.0249. The highest BCUT2D eigenvalue weighted by Crippen LogP contribution is 2.25. The average molecular weight is 442 g/mol. The van der Waals surface area contributed by atoms with Crippen LogP contribution in [0.5, 0.6) is 11.5 Å². The van der Waals surface area contributed by atoms with Crippen LogP contribution in [-0.4, -0.2) is 19.6 Å². The molecule has 0 bridgehead atoms. The molecule has 0 unspecified atom stereocenters. The highest BCUT2D eigenvalue weighted by molar-refractivity contribution is 5.79. The summed E-state index contributed by atoms with van der Waals surface area (Å²) >= 11 is 0. The fourth-order valence-electron chi connectivity index (χ4n) is 3.64. The third kappa shape index (κ3) is 9.71. The minimum absolute atomic E-state index is 0.0249. The number of carbonyl (C=O) groups excluding carboxylic acids is 1. The number of ether oxygens (including phenoxy) is 2. The van der Waals surface area contributed by atoms with Crippen molar-refractivity contribution in [2.75, 3.05) is 13.7 Å². The molecule has 1 N–H and O–H groups in total. The molecular weight excluding hydrogens is 400 g/mol. The van der Waals surface area contributed by atoms with Crippen molar-refractivity contribution < 1.29 is 18.8 Å². The maximum Gasteiger partial charge on any atom is 0.224 e. The summed E-state index contributed by atoms with van der Waals surface area (Å²) in [5.41, 5.74) is 1.95. The van der Waals surface area contributed by atoms with Crippen molar-refractivity contribution in [1.82, 2.24) is 5.32 Å². The number of benzene rings is 1. The number of pyridine rings is 1. The summed E-state index contributed by atoms with van der Waals surface area (Å²) < 4.78 is 13.5. The molecule has 2 aromatic rings. The van der Waals surface area contributed by atoms with Crippen LogP contribution in [0.15, 0.2) is 42.7 Å². The number of amides is 1. The van der Waals surface area contributed by atoms with Gasteiger partial charge in [0.05, 0.1) is 20.1 Å². The quantitative estimate of drug-likeness (QED) is 0.281. The predicted octanol–water partition coefficient (Wildman–Crippen LogP) is 5.38. The van der Waals surface area contributed by atoms with Gasteiger partial charge in [0.25, 0.3) is 0 Å². The first-order valence-corrected chi connectivity index (χ1v) is 12.2. The third-order valence-electron chi connectivity index (χ3n) is 5.69. The zero-order chi connectivity index (χ0) is 23.0. The van der Waals surface area contributed by atoms with Crippen LogP contribution >= 0.6 is 0 Å². The Balaban J connectivity index is 1.71. The monoisotopic (exact) mass is 441 g/mol. The van der Waals surface area contributed by atoms with Gasteiger partial charge in [0.15, 0.2) is 12.4 Å². The Labute approximate surface area is 194 Å². The van der Waals surface area contributed by atoms with Crippen molar-refractivity contribution in [3.8, 4) is 11.5 Å². The molecule has 0 aliphatic rings.